The fourth-order valence-electron chi connectivity index (χ4n) is 2.07. The average Bonchev–Trinajstić information content (AvgIpc) is 2.51. The smallest absolute Gasteiger partial charge is 0.165 e. The summed E-state index contributed by atoms with van der Waals surface area (Å²) < 4.78 is 0. The van der Waals surface area contributed by atoms with E-state index in [1.165, 1.54) is 0 Å². The molecule has 2 rings (SSSR count). The Hall–Kier alpha value is -2.33. The zero-order chi connectivity index (χ0) is 16.1. The van der Waals surface area contributed by atoms with Crippen molar-refractivity contribution in [2.75, 3.05) is 5.32 Å². The van der Waals surface area contributed by atoms with Crippen molar-refractivity contribution >= 4 is 29.0 Å². The van der Waals surface area contributed by atoms with Crippen LogP contribution in [0.5, 0.6) is 0 Å². The number of carbonyl (C=O) groups is 2. The van der Waals surface area contributed by atoms with Crippen molar-refractivity contribution in [2.45, 2.75) is 19.4 Å². The standard InChI is InChI=1S/C17H16ClNO3/c1-11-13(18)8-5-9-14(11)19-15(17(21)22)10-16(20)12-6-3-2-4-7-12/h2-9,15,19H,10H2,1H3,(H,21,22)/p-1/t15-/m0/s1. The highest BCUT2D eigenvalue weighted by Crippen LogP contribution is 2.24. The third-order valence-corrected chi connectivity index (χ3v) is 3.78. The number of halogens is 1. The predicted molar refractivity (Wildman–Crippen MR) is 84.0 cm³/mol. The number of ketones is 1. The van der Waals surface area contributed by atoms with E-state index >= 15 is 0 Å². The van der Waals surface area contributed by atoms with E-state index < -0.39 is 12.0 Å². The van der Waals surface area contributed by atoms with Gasteiger partial charge < -0.3 is 15.2 Å². The summed E-state index contributed by atoms with van der Waals surface area (Å²) in [5.41, 5.74) is 1.77. The first kappa shape index (κ1) is 16.0. The molecule has 0 saturated heterocycles. The molecular weight excluding hydrogens is 302 g/mol. The maximum Gasteiger partial charge on any atom is 0.165 e. The first-order valence-corrected chi connectivity index (χ1v) is 7.17. The van der Waals surface area contributed by atoms with Gasteiger partial charge in [-0.15, -0.1) is 0 Å². The lowest BCUT2D eigenvalue weighted by molar-refractivity contribution is -0.306. The van der Waals surface area contributed by atoms with Gasteiger partial charge in [-0.2, -0.15) is 0 Å². The number of anilines is 1. The highest BCUT2D eigenvalue weighted by molar-refractivity contribution is 6.31. The molecule has 114 valence electrons. The Labute approximate surface area is 133 Å². The number of hydrogen-bond donors (Lipinski definition) is 1. The summed E-state index contributed by atoms with van der Waals surface area (Å²) in [6.45, 7) is 1.77. The molecule has 5 heteroatoms. The van der Waals surface area contributed by atoms with Crippen LogP contribution >= 0.6 is 11.6 Å². The Bertz CT molecular complexity index is 686. The van der Waals surface area contributed by atoms with Crippen LogP contribution < -0.4 is 10.4 Å². The number of benzene rings is 2. The Morgan fingerprint density at radius 3 is 2.45 bits per heavy atom. The lowest BCUT2D eigenvalue weighted by atomic mass is 10.0. The Morgan fingerprint density at radius 1 is 1.14 bits per heavy atom. The highest BCUT2D eigenvalue weighted by Gasteiger charge is 2.17. The molecule has 0 aromatic heterocycles. The van der Waals surface area contributed by atoms with Crippen molar-refractivity contribution < 1.29 is 14.7 Å². The molecule has 1 N–H and O–H groups in total. The van der Waals surface area contributed by atoms with Gasteiger partial charge in [0.2, 0.25) is 0 Å². The quantitative estimate of drug-likeness (QED) is 0.831. The van der Waals surface area contributed by atoms with Gasteiger partial charge in [-0.1, -0.05) is 48.0 Å². The molecule has 1 atom stereocenters. The Morgan fingerprint density at radius 2 is 1.82 bits per heavy atom. The first-order valence-electron chi connectivity index (χ1n) is 6.80. The van der Waals surface area contributed by atoms with E-state index in [9.17, 15) is 14.7 Å². The second-order valence-corrected chi connectivity index (χ2v) is 5.33. The average molecular weight is 317 g/mol. The minimum absolute atomic E-state index is 0.196. The van der Waals surface area contributed by atoms with E-state index in [-0.39, 0.29) is 12.2 Å². The molecule has 22 heavy (non-hydrogen) atoms. The molecule has 0 radical (unpaired) electrons. The number of carbonyl (C=O) groups excluding carboxylic acids is 2. The molecule has 0 heterocycles. The van der Waals surface area contributed by atoms with Gasteiger partial charge >= 0.3 is 0 Å². The number of carboxylic acid groups (broad SMARTS) is 1. The van der Waals surface area contributed by atoms with Crippen LogP contribution in [-0.4, -0.2) is 17.8 Å². The van der Waals surface area contributed by atoms with Gasteiger partial charge in [-0.25, -0.2) is 0 Å². The lowest BCUT2D eigenvalue weighted by Crippen LogP contribution is -2.42. The number of Topliss-reactive ketones (excluding diaryl/α,β-unsaturated/α-hetero) is 1. The van der Waals surface area contributed by atoms with E-state index in [1.807, 2.05) is 0 Å². The molecule has 2 aromatic carbocycles. The molecule has 0 amide bonds. The summed E-state index contributed by atoms with van der Waals surface area (Å²) in [6, 6.07) is 12.6. The third kappa shape index (κ3) is 3.86. The molecule has 0 bridgehead atoms. The van der Waals surface area contributed by atoms with Crippen LogP contribution in [0.4, 0.5) is 5.69 Å². The van der Waals surface area contributed by atoms with Gasteiger partial charge in [-0.3, -0.25) is 4.79 Å². The summed E-state index contributed by atoms with van der Waals surface area (Å²) in [7, 11) is 0. The van der Waals surface area contributed by atoms with Gasteiger partial charge in [-0.05, 0) is 24.6 Å². The lowest BCUT2D eigenvalue weighted by Gasteiger charge is -2.22. The number of hydrogen-bond acceptors (Lipinski definition) is 4. The summed E-state index contributed by atoms with van der Waals surface area (Å²) in [6.07, 6.45) is -0.196. The Balaban J connectivity index is 2.16. The van der Waals surface area contributed by atoms with Crippen LogP contribution in [0.2, 0.25) is 5.02 Å². The summed E-state index contributed by atoms with van der Waals surface area (Å²) in [5, 5.41) is 14.7. The molecule has 0 saturated carbocycles. The molecule has 0 fully saturated rings. The molecule has 4 nitrogen and oxygen atoms in total. The fraction of sp³-hybridized carbons (Fsp3) is 0.176. The van der Waals surface area contributed by atoms with Crippen LogP contribution in [0.3, 0.4) is 0 Å². The van der Waals surface area contributed by atoms with Gasteiger partial charge in [0.25, 0.3) is 0 Å². The molecule has 2 aromatic rings. The predicted octanol–water partition coefficient (Wildman–Crippen LogP) is 2.45. The maximum absolute atomic E-state index is 12.1. The van der Waals surface area contributed by atoms with Crippen LogP contribution in [0, 0.1) is 6.92 Å². The van der Waals surface area contributed by atoms with Crippen molar-refractivity contribution in [3.8, 4) is 0 Å². The van der Waals surface area contributed by atoms with Crippen molar-refractivity contribution in [3.63, 3.8) is 0 Å². The largest absolute Gasteiger partial charge is 0.548 e. The molecule has 0 aliphatic heterocycles. The van der Waals surface area contributed by atoms with Crippen LogP contribution in [0.15, 0.2) is 48.5 Å². The van der Waals surface area contributed by atoms with Gasteiger partial charge in [0, 0.05) is 22.7 Å². The zero-order valence-electron chi connectivity index (χ0n) is 12.0. The van der Waals surface area contributed by atoms with Crippen molar-refractivity contribution in [2.24, 2.45) is 0 Å². The molecule has 0 spiro atoms. The van der Waals surface area contributed by atoms with Gasteiger partial charge in [0.15, 0.2) is 5.78 Å². The second kappa shape index (κ2) is 7.09. The third-order valence-electron chi connectivity index (χ3n) is 3.37. The zero-order valence-corrected chi connectivity index (χ0v) is 12.8. The van der Waals surface area contributed by atoms with Crippen molar-refractivity contribution in [1.29, 1.82) is 0 Å². The van der Waals surface area contributed by atoms with Crippen molar-refractivity contribution in [1.82, 2.24) is 0 Å². The topological polar surface area (TPSA) is 69.2 Å². The molecule has 0 aliphatic rings. The molecular formula is C17H15ClNO3-. The first-order chi connectivity index (χ1) is 10.5. The Kier molecular flexibility index (Phi) is 5.17. The minimum Gasteiger partial charge on any atom is -0.548 e. The number of rotatable bonds is 6. The van der Waals surface area contributed by atoms with Gasteiger partial charge in [0.1, 0.15) is 0 Å². The number of carboxylic acids is 1. The van der Waals surface area contributed by atoms with E-state index in [0.29, 0.717) is 16.3 Å². The highest BCUT2D eigenvalue weighted by atomic mass is 35.5. The summed E-state index contributed by atoms with van der Waals surface area (Å²) >= 11 is 6.01. The fourth-order valence-corrected chi connectivity index (χ4v) is 2.25. The summed E-state index contributed by atoms with van der Waals surface area (Å²) in [4.78, 5) is 23.5. The monoisotopic (exact) mass is 316 g/mol. The SMILES string of the molecule is Cc1c(Cl)cccc1N[C@@H](CC(=O)c1ccccc1)C(=O)[O-]. The van der Waals surface area contributed by atoms with Crippen LogP contribution in [-0.2, 0) is 4.79 Å². The van der Waals surface area contributed by atoms with E-state index in [4.69, 9.17) is 11.6 Å². The van der Waals surface area contributed by atoms with Gasteiger partial charge in [0.05, 0.1) is 12.0 Å². The van der Waals surface area contributed by atoms with E-state index in [2.05, 4.69) is 5.32 Å². The summed E-state index contributed by atoms with van der Waals surface area (Å²) in [5.74, 6) is -1.59. The number of nitrogens with one attached hydrogen (secondary N) is 1. The molecule has 0 unspecified atom stereocenters. The number of aliphatic carboxylic acids is 1. The minimum atomic E-state index is -1.33. The normalized spacial score (nSPS) is 11.7. The second-order valence-electron chi connectivity index (χ2n) is 4.92. The van der Waals surface area contributed by atoms with Crippen molar-refractivity contribution in [3.05, 3.63) is 64.7 Å². The maximum atomic E-state index is 12.1. The van der Waals surface area contributed by atoms with E-state index in [0.717, 1.165) is 5.56 Å². The van der Waals surface area contributed by atoms with Crippen LogP contribution in [0.1, 0.15) is 22.3 Å². The van der Waals surface area contributed by atoms with Crippen LogP contribution in [0.25, 0.3) is 0 Å². The van der Waals surface area contributed by atoms with E-state index in [1.54, 1.807) is 55.5 Å². The molecule has 0 aliphatic carbocycles.